The second kappa shape index (κ2) is 18.4. The summed E-state index contributed by atoms with van der Waals surface area (Å²) < 4.78 is 0. The Morgan fingerprint density at radius 3 is 0.544 bits per heavy atom. The van der Waals surface area contributed by atoms with E-state index in [1.54, 1.807) is 0 Å². The molecule has 57 heavy (non-hydrogen) atoms. The van der Waals surface area contributed by atoms with E-state index < -0.39 is 135 Å². The summed E-state index contributed by atoms with van der Waals surface area (Å²) in [6.07, 6.45) is -4.21. The maximum atomic E-state index is 7.23. The number of fused-ring (bicyclic) bond motifs is 20. The molecule has 5 heterocycles. The van der Waals surface area contributed by atoms with E-state index in [0.29, 0.717) is 0 Å². The van der Waals surface area contributed by atoms with Gasteiger partial charge in [0, 0.05) is 23.7 Å². The summed E-state index contributed by atoms with van der Waals surface area (Å²) in [5.74, 6) is -2.76. The van der Waals surface area contributed by atoms with E-state index in [4.69, 9.17) is 196 Å². The smallest absolute Gasteiger partial charge is 0.632 e. The van der Waals surface area contributed by atoms with Gasteiger partial charge in [0.05, 0.1) is 111 Å². The van der Waals surface area contributed by atoms with Crippen molar-refractivity contribution in [3.63, 3.8) is 0 Å². The van der Waals surface area contributed by atoms with Gasteiger partial charge >= 0.3 is 17.1 Å². The Hall–Kier alpha value is 4.84. The third kappa shape index (κ3) is 7.75. The van der Waals surface area contributed by atoms with E-state index in [9.17, 15) is 0 Å². The molecule has 8 nitrogen and oxygen atoms in total. The molecular formula is C32H38Cl16CuN8. The maximum absolute atomic E-state index is 7.23. The quantitative estimate of drug-likeness (QED) is 0.110. The maximum Gasteiger partial charge on any atom is 2.00 e. The van der Waals surface area contributed by atoms with Gasteiger partial charge in [-0.1, -0.05) is 24.7 Å². The number of halogens is 16. The van der Waals surface area contributed by atoms with Crippen molar-refractivity contribution in [3.05, 3.63) is 10.6 Å². The molecule has 0 aromatic rings. The van der Waals surface area contributed by atoms with Gasteiger partial charge in [-0.25, -0.2) is 0 Å². The van der Waals surface area contributed by atoms with Crippen LogP contribution >= 0.6 is 186 Å². The summed E-state index contributed by atoms with van der Waals surface area (Å²) in [6, 6.07) is 0. The van der Waals surface area contributed by atoms with Crippen molar-refractivity contribution in [2.24, 2.45) is 47.3 Å². The Morgan fingerprint density at radius 1 is 0.211 bits per heavy atom. The van der Waals surface area contributed by atoms with Crippen molar-refractivity contribution in [3.8, 4) is 0 Å². The Labute approximate surface area is 423 Å². The fourth-order valence-corrected chi connectivity index (χ4v) is 18.5. The molecule has 8 bridgehead atoms. The molecule has 4 saturated carbocycles. The molecule has 0 aromatic carbocycles. The van der Waals surface area contributed by atoms with Crippen LogP contribution in [0.25, 0.3) is 10.6 Å². The molecule has 6 N–H and O–H groups in total. The molecule has 0 spiro atoms. The molecule has 0 amide bonds. The van der Waals surface area contributed by atoms with Crippen LogP contribution in [0.1, 0.15) is 0 Å². The molecule has 25 heteroatoms. The van der Waals surface area contributed by atoms with Gasteiger partial charge in [0.25, 0.3) is 0 Å². The standard InChI is InChI=1S/C32H38Cl16N8.Cu/c33-9-1-2(10(34)18(42)17(9)41)26-49-25(1)53-27-3-4(12(36)20(44)19(43)11(3)35)29(50-27)55-31-7-8(16(40)24(48)23(47)15(7)39)32(52-31)56-30-6-5(28(51-30)54-26)13(37)21(45)22(46)14(6)38;/h1-32,49,52-56H;/q-2;+2. The summed E-state index contributed by atoms with van der Waals surface area (Å²) in [6.45, 7) is 0. The van der Waals surface area contributed by atoms with E-state index in [1.807, 2.05) is 0 Å². The van der Waals surface area contributed by atoms with Crippen molar-refractivity contribution in [1.82, 2.24) is 31.9 Å². The first-order valence-electron chi connectivity index (χ1n) is 18.7. The summed E-state index contributed by atoms with van der Waals surface area (Å²) >= 11 is 113. The van der Waals surface area contributed by atoms with Crippen molar-refractivity contribution in [2.45, 2.75) is 135 Å². The van der Waals surface area contributed by atoms with Gasteiger partial charge < -0.3 is 31.9 Å². The van der Waals surface area contributed by atoms with Crippen LogP contribution in [0.15, 0.2) is 0 Å². The minimum atomic E-state index is -0.643. The van der Waals surface area contributed by atoms with Crippen LogP contribution in [0.3, 0.4) is 0 Å². The monoisotopic (exact) mass is 1160 g/mol. The van der Waals surface area contributed by atoms with E-state index >= 15 is 0 Å². The first-order valence-corrected chi connectivity index (χ1v) is 25.6. The molecule has 5 aliphatic heterocycles. The van der Waals surface area contributed by atoms with E-state index in [2.05, 4.69) is 31.9 Å². The second-order valence-corrected chi connectivity index (χ2v) is 24.8. The number of hydrogen-bond acceptors (Lipinski definition) is 6. The largest absolute Gasteiger partial charge is 2.00 e. The fourth-order valence-electron chi connectivity index (χ4n) is 11.5. The second-order valence-electron chi connectivity index (χ2n) is 16.7. The van der Waals surface area contributed by atoms with Crippen LogP contribution in [0, 0.1) is 47.3 Å². The molecule has 1 radical (unpaired) electrons. The summed E-state index contributed by atoms with van der Waals surface area (Å²) in [4.78, 5) is 0. The van der Waals surface area contributed by atoms with Gasteiger partial charge in [-0.2, -0.15) is 0 Å². The molecular weight excluding hydrogens is 1130 g/mol. The van der Waals surface area contributed by atoms with Crippen LogP contribution in [0.5, 0.6) is 0 Å². The third-order valence-corrected chi connectivity index (χ3v) is 24.5. The van der Waals surface area contributed by atoms with E-state index in [0.717, 1.165) is 0 Å². The minimum absolute atomic E-state index is 0. The minimum Gasteiger partial charge on any atom is -0.632 e. The summed E-state index contributed by atoms with van der Waals surface area (Å²) in [5.41, 5.74) is 0. The molecule has 0 aromatic heterocycles. The molecule has 9 rings (SSSR count). The predicted octanol–water partition coefficient (Wildman–Crippen LogP) is 7.65. The predicted molar refractivity (Wildman–Crippen MR) is 238 cm³/mol. The average molecular weight is 1170 g/mol. The first kappa shape index (κ1) is 48.3. The summed E-state index contributed by atoms with van der Waals surface area (Å²) in [7, 11) is 0. The normalized spacial score (nSPS) is 64.8. The molecule has 9 aliphatic rings. The van der Waals surface area contributed by atoms with Crippen LogP contribution in [0.2, 0.25) is 0 Å². The van der Waals surface area contributed by atoms with E-state index in [1.165, 1.54) is 0 Å². The Bertz CT molecular complexity index is 1170. The van der Waals surface area contributed by atoms with Crippen molar-refractivity contribution in [1.29, 1.82) is 0 Å². The van der Waals surface area contributed by atoms with Gasteiger partial charge in [0.1, 0.15) is 0 Å². The van der Waals surface area contributed by atoms with Crippen molar-refractivity contribution in [2.75, 3.05) is 0 Å². The topological polar surface area (TPSA) is 100 Å². The van der Waals surface area contributed by atoms with Gasteiger partial charge in [-0.15, -0.1) is 186 Å². The Morgan fingerprint density at radius 2 is 0.368 bits per heavy atom. The first-order chi connectivity index (χ1) is 26.4. The molecule has 5 saturated heterocycles. The van der Waals surface area contributed by atoms with Gasteiger partial charge in [0.15, 0.2) is 0 Å². The molecule has 4 aliphatic carbocycles. The third-order valence-electron chi connectivity index (χ3n) is 14.1. The van der Waals surface area contributed by atoms with Gasteiger partial charge in [-0.3, -0.25) is 10.6 Å². The Balaban J connectivity index is 0.00000455. The number of nitrogens with one attached hydrogen (secondary N) is 6. The molecule has 32 atom stereocenters. The van der Waals surface area contributed by atoms with Gasteiger partial charge in [-0.05, 0) is 23.7 Å². The number of alkyl halides is 16. The van der Waals surface area contributed by atoms with Crippen molar-refractivity contribution < 1.29 is 17.1 Å². The average Bonchev–Trinajstić information content (AvgIpc) is 3.92. The molecule has 32 unspecified atom stereocenters. The zero-order valence-electron chi connectivity index (χ0n) is 28.7. The van der Waals surface area contributed by atoms with E-state index in [-0.39, 0.29) is 64.4 Å². The summed E-state index contributed by atoms with van der Waals surface area (Å²) in [5, 5.41) is 23.4. The molecule has 9 fully saturated rings. The van der Waals surface area contributed by atoms with Crippen LogP contribution < -0.4 is 31.9 Å². The zero-order valence-corrected chi connectivity index (χ0v) is 41.8. The Kier molecular flexibility index (Phi) is 15.6. The number of rotatable bonds is 0. The van der Waals surface area contributed by atoms with Crippen molar-refractivity contribution >= 4 is 186 Å². The SMILES string of the molecule is ClC1C(Cl)C(Cl)C2C3[N-]C(NC4NC(NC5[N-]C(NC6NC(N3)C3C(Cl)C(Cl)C(Cl)C(Cl)C63)C3C(Cl)C(Cl)C(Cl)C(Cl)C53)C3C(Cl)C(Cl)C(Cl)C(Cl)C43)C2C1Cl.[Cu+2]. The van der Waals surface area contributed by atoms with Crippen LogP contribution in [-0.2, 0) is 17.1 Å². The van der Waals surface area contributed by atoms with Gasteiger partial charge in [0.2, 0.25) is 0 Å². The van der Waals surface area contributed by atoms with Crippen LogP contribution in [0.4, 0.5) is 0 Å². The van der Waals surface area contributed by atoms with Crippen LogP contribution in [-0.4, -0.2) is 135 Å². The zero-order chi connectivity index (χ0) is 40.1. The molecule has 329 valence electrons. The fraction of sp³-hybridized carbons (Fsp3) is 1.00. The number of hydrogen-bond donors (Lipinski definition) is 6. The number of nitrogens with zero attached hydrogens (tertiary/aromatic N) is 2.